The first kappa shape index (κ1) is 22.5. The van der Waals surface area contributed by atoms with Crippen molar-refractivity contribution in [3.05, 3.63) is 33.4 Å². The molecule has 0 aromatic heterocycles. The van der Waals surface area contributed by atoms with Crippen LogP contribution in [0.5, 0.6) is 0 Å². The first-order valence-electron chi connectivity index (χ1n) is 10.00. The van der Waals surface area contributed by atoms with Gasteiger partial charge in [-0.25, -0.2) is 0 Å². The highest BCUT2D eigenvalue weighted by molar-refractivity contribution is 14.1. The van der Waals surface area contributed by atoms with Gasteiger partial charge in [0.2, 0.25) is 0 Å². The summed E-state index contributed by atoms with van der Waals surface area (Å²) in [5.74, 6) is -0.708. The molecular formula is C22H35IO2. The van der Waals surface area contributed by atoms with E-state index in [2.05, 4.69) is 29.5 Å². The lowest BCUT2D eigenvalue weighted by atomic mass is 9.78. The zero-order valence-electron chi connectivity index (χ0n) is 16.0. The third-order valence-electron chi connectivity index (χ3n) is 5.23. The van der Waals surface area contributed by atoms with E-state index in [1.165, 1.54) is 57.8 Å². The van der Waals surface area contributed by atoms with E-state index in [1.807, 2.05) is 31.2 Å². The predicted molar refractivity (Wildman–Crippen MR) is 115 cm³/mol. The predicted octanol–water partition coefficient (Wildman–Crippen LogP) is 7.33. The molecule has 0 saturated heterocycles. The van der Waals surface area contributed by atoms with Crippen LogP contribution in [0.1, 0.15) is 96.5 Å². The monoisotopic (exact) mass is 458 g/mol. The molecule has 2 nitrogen and oxygen atoms in total. The fourth-order valence-electron chi connectivity index (χ4n) is 3.34. The van der Waals surface area contributed by atoms with Gasteiger partial charge >= 0.3 is 5.97 Å². The molecule has 0 saturated carbocycles. The normalized spacial score (nSPS) is 13.6. The molecule has 1 aromatic rings. The van der Waals surface area contributed by atoms with Gasteiger partial charge < -0.3 is 5.11 Å². The Morgan fingerprint density at radius 3 is 1.76 bits per heavy atom. The molecule has 1 N–H and O–H groups in total. The zero-order valence-corrected chi connectivity index (χ0v) is 18.2. The molecule has 1 rings (SSSR count). The third-order valence-corrected chi connectivity index (χ3v) is 5.95. The fraction of sp³-hybridized carbons (Fsp3) is 0.682. The number of carboxylic acid groups (broad SMARTS) is 1. The van der Waals surface area contributed by atoms with Crippen molar-refractivity contribution >= 4 is 28.6 Å². The van der Waals surface area contributed by atoms with E-state index in [1.54, 1.807) is 0 Å². The van der Waals surface area contributed by atoms with Crippen LogP contribution in [0.25, 0.3) is 0 Å². The number of carbonyl (C=O) groups is 1. The molecule has 1 atom stereocenters. The van der Waals surface area contributed by atoms with Crippen molar-refractivity contribution in [1.82, 2.24) is 0 Å². The van der Waals surface area contributed by atoms with Crippen LogP contribution in [0, 0.1) is 3.57 Å². The Hall–Kier alpha value is -0.580. The van der Waals surface area contributed by atoms with E-state index in [0.717, 1.165) is 28.4 Å². The SMILES string of the molecule is CCCCCCCCCCCCCC(C)(C(=O)O)c1ccc(I)cc1. The molecule has 0 aliphatic carbocycles. The van der Waals surface area contributed by atoms with E-state index >= 15 is 0 Å². The second kappa shape index (κ2) is 12.7. The molecule has 0 spiro atoms. The average Bonchev–Trinajstić information content (AvgIpc) is 2.60. The summed E-state index contributed by atoms with van der Waals surface area (Å²) in [4.78, 5) is 11.8. The number of halogens is 1. The summed E-state index contributed by atoms with van der Waals surface area (Å²) >= 11 is 2.25. The smallest absolute Gasteiger partial charge is 0.313 e. The lowest BCUT2D eigenvalue weighted by Gasteiger charge is -2.25. The van der Waals surface area contributed by atoms with Crippen LogP contribution in [0.3, 0.4) is 0 Å². The second-order valence-corrected chi connectivity index (χ2v) is 8.68. The van der Waals surface area contributed by atoms with Crippen LogP contribution < -0.4 is 0 Å². The molecule has 25 heavy (non-hydrogen) atoms. The molecule has 3 heteroatoms. The van der Waals surface area contributed by atoms with E-state index in [0.29, 0.717) is 0 Å². The molecule has 1 unspecified atom stereocenters. The first-order valence-corrected chi connectivity index (χ1v) is 11.1. The molecule has 1 aromatic carbocycles. The molecule has 0 aliphatic heterocycles. The number of rotatable bonds is 14. The summed E-state index contributed by atoms with van der Waals surface area (Å²) in [7, 11) is 0. The van der Waals surface area contributed by atoms with Crippen molar-refractivity contribution in [3.63, 3.8) is 0 Å². The maximum atomic E-state index is 11.8. The van der Waals surface area contributed by atoms with Crippen LogP contribution in [0.2, 0.25) is 0 Å². The lowest BCUT2D eigenvalue weighted by Crippen LogP contribution is -2.32. The summed E-state index contributed by atoms with van der Waals surface area (Å²) in [6.07, 6.45) is 14.9. The Bertz CT molecular complexity index is 483. The van der Waals surface area contributed by atoms with Gasteiger partial charge in [-0.2, -0.15) is 0 Å². The van der Waals surface area contributed by atoms with E-state index in [4.69, 9.17) is 0 Å². The Balaban J connectivity index is 2.22. The lowest BCUT2D eigenvalue weighted by molar-refractivity contribution is -0.143. The molecule has 0 aliphatic rings. The van der Waals surface area contributed by atoms with Crippen molar-refractivity contribution < 1.29 is 9.90 Å². The molecule has 142 valence electrons. The first-order chi connectivity index (χ1) is 12.0. The van der Waals surface area contributed by atoms with Crippen molar-refractivity contribution in [2.75, 3.05) is 0 Å². The highest BCUT2D eigenvalue weighted by Gasteiger charge is 2.34. The van der Waals surface area contributed by atoms with Crippen LogP contribution >= 0.6 is 22.6 Å². The molecular weight excluding hydrogens is 423 g/mol. The van der Waals surface area contributed by atoms with Crippen LogP contribution in [0.4, 0.5) is 0 Å². The number of unbranched alkanes of at least 4 members (excludes halogenated alkanes) is 10. The summed E-state index contributed by atoms with van der Waals surface area (Å²) in [5.41, 5.74) is 0.163. The Morgan fingerprint density at radius 2 is 1.32 bits per heavy atom. The molecule has 0 bridgehead atoms. The second-order valence-electron chi connectivity index (χ2n) is 7.43. The summed E-state index contributed by atoms with van der Waals surface area (Å²) < 4.78 is 1.14. The number of carboxylic acids is 1. The third kappa shape index (κ3) is 8.57. The minimum Gasteiger partial charge on any atom is -0.481 e. The standard InChI is InChI=1S/C22H35IO2/c1-3-4-5-6-7-8-9-10-11-12-13-18-22(2,21(24)25)19-14-16-20(23)17-15-19/h14-17H,3-13,18H2,1-2H3,(H,24,25). The van der Waals surface area contributed by atoms with Gasteiger partial charge in [0.25, 0.3) is 0 Å². The van der Waals surface area contributed by atoms with E-state index < -0.39 is 11.4 Å². The largest absolute Gasteiger partial charge is 0.481 e. The number of hydrogen-bond acceptors (Lipinski definition) is 1. The van der Waals surface area contributed by atoms with Gasteiger partial charge in [0.05, 0.1) is 5.41 Å². The average molecular weight is 458 g/mol. The van der Waals surface area contributed by atoms with Crippen LogP contribution in [-0.4, -0.2) is 11.1 Å². The van der Waals surface area contributed by atoms with Crippen molar-refractivity contribution in [2.45, 2.75) is 96.3 Å². The molecule has 0 radical (unpaired) electrons. The maximum absolute atomic E-state index is 11.8. The molecule has 0 heterocycles. The van der Waals surface area contributed by atoms with Gasteiger partial charge in [0, 0.05) is 3.57 Å². The van der Waals surface area contributed by atoms with Gasteiger partial charge in [-0.3, -0.25) is 4.79 Å². The molecule has 0 amide bonds. The van der Waals surface area contributed by atoms with Gasteiger partial charge in [-0.05, 0) is 53.6 Å². The highest BCUT2D eigenvalue weighted by Crippen LogP contribution is 2.31. The van der Waals surface area contributed by atoms with Crippen LogP contribution in [-0.2, 0) is 10.2 Å². The van der Waals surface area contributed by atoms with Crippen molar-refractivity contribution in [3.8, 4) is 0 Å². The van der Waals surface area contributed by atoms with Crippen LogP contribution in [0.15, 0.2) is 24.3 Å². The van der Waals surface area contributed by atoms with Gasteiger partial charge in [0.15, 0.2) is 0 Å². The number of hydrogen-bond donors (Lipinski definition) is 1. The van der Waals surface area contributed by atoms with E-state index in [-0.39, 0.29) is 0 Å². The van der Waals surface area contributed by atoms with E-state index in [9.17, 15) is 9.90 Å². The number of aliphatic carboxylic acids is 1. The Labute approximate surface area is 167 Å². The molecule has 0 fully saturated rings. The fourth-order valence-corrected chi connectivity index (χ4v) is 3.69. The summed E-state index contributed by atoms with van der Waals surface area (Å²) in [6, 6.07) is 7.93. The number of benzene rings is 1. The highest BCUT2D eigenvalue weighted by atomic mass is 127. The van der Waals surface area contributed by atoms with Gasteiger partial charge in [-0.15, -0.1) is 0 Å². The van der Waals surface area contributed by atoms with Crippen molar-refractivity contribution in [2.24, 2.45) is 0 Å². The minimum absolute atomic E-state index is 0.708. The van der Waals surface area contributed by atoms with Gasteiger partial charge in [-0.1, -0.05) is 89.7 Å². The van der Waals surface area contributed by atoms with Gasteiger partial charge in [0.1, 0.15) is 0 Å². The maximum Gasteiger partial charge on any atom is 0.313 e. The Kier molecular flexibility index (Phi) is 11.4. The quantitative estimate of drug-likeness (QED) is 0.234. The minimum atomic E-state index is -0.760. The Morgan fingerprint density at radius 1 is 0.880 bits per heavy atom. The zero-order chi connectivity index (χ0) is 18.5. The topological polar surface area (TPSA) is 37.3 Å². The summed E-state index contributed by atoms with van der Waals surface area (Å²) in [5, 5.41) is 9.71. The van der Waals surface area contributed by atoms with Crippen molar-refractivity contribution in [1.29, 1.82) is 0 Å². The summed E-state index contributed by atoms with van der Waals surface area (Å²) in [6.45, 7) is 4.13.